The van der Waals surface area contributed by atoms with Crippen LogP contribution in [0, 0.1) is 0 Å². The van der Waals surface area contributed by atoms with E-state index in [9.17, 15) is 5.11 Å². The highest BCUT2D eigenvalue weighted by Crippen LogP contribution is 2.29. The van der Waals surface area contributed by atoms with E-state index in [1.807, 2.05) is 30.3 Å². The van der Waals surface area contributed by atoms with E-state index in [2.05, 4.69) is 6.92 Å². The molecule has 0 aliphatic heterocycles. The number of hydrogen-bond donors (Lipinski definition) is 1. The summed E-state index contributed by atoms with van der Waals surface area (Å²) in [7, 11) is 0. The first kappa shape index (κ1) is 10.8. The van der Waals surface area contributed by atoms with Crippen molar-refractivity contribution in [2.24, 2.45) is 0 Å². The molecule has 2 rings (SSSR count). The number of phenolic OH excluding ortho intramolecular Hbond substituents is 1. The second kappa shape index (κ2) is 4.88. The van der Waals surface area contributed by atoms with Crippen LogP contribution in [-0.2, 0) is 0 Å². The van der Waals surface area contributed by atoms with Gasteiger partial charge in [-0.2, -0.15) is 0 Å². The summed E-state index contributed by atoms with van der Waals surface area (Å²) >= 11 is 0. The van der Waals surface area contributed by atoms with Crippen LogP contribution in [0.5, 0.6) is 11.5 Å². The molecule has 2 aromatic carbocycles. The quantitative estimate of drug-likeness (QED) is 0.789. The zero-order valence-corrected chi connectivity index (χ0v) is 9.44. The van der Waals surface area contributed by atoms with Crippen LogP contribution in [0.25, 0.3) is 10.8 Å². The molecule has 16 heavy (non-hydrogen) atoms. The fraction of sp³-hybridized carbons (Fsp3) is 0.286. The lowest BCUT2D eigenvalue weighted by atomic mass is 10.1. The van der Waals surface area contributed by atoms with E-state index in [4.69, 9.17) is 4.74 Å². The molecule has 0 radical (unpaired) electrons. The van der Waals surface area contributed by atoms with Gasteiger partial charge in [0.25, 0.3) is 0 Å². The van der Waals surface area contributed by atoms with Gasteiger partial charge < -0.3 is 9.84 Å². The topological polar surface area (TPSA) is 29.5 Å². The van der Waals surface area contributed by atoms with E-state index < -0.39 is 0 Å². The van der Waals surface area contributed by atoms with Gasteiger partial charge in [-0.1, -0.05) is 37.6 Å². The van der Waals surface area contributed by atoms with Crippen LogP contribution in [0.4, 0.5) is 0 Å². The van der Waals surface area contributed by atoms with Crippen molar-refractivity contribution in [1.82, 2.24) is 0 Å². The summed E-state index contributed by atoms with van der Waals surface area (Å²) in [5, 5.41) is 11.7. The molecule has 0 spiro atoms. The highest BCUT2D eigenvalue weighted by molar-refractivity contribution is 5.89. The van der Waals surface area contributed by atoms with Gasteiger partial charge in [0.05, 0.1) is 6.61 Å². The predicted molar refractivity (Wildman–Crippen MR) is 66.0 cm³/mol. The van der Waals surface area contributed by atoms with Gasteiger partial charge >= 0.3 is 0 Å². The Labute approximate surface area is 95.5 Å². The molecule has 0 atom stereocenters. The number of rotatable bonds is 4. The third-order valence-corrected chi connectivity index (χ3v) is 2.58. The van der Waals surface area contributed by atoms with Gasteiger partial charge in [0.1, 0.15) is 11.5 Å². The lowest BCUT2D eigenvalue weighted by Crippen LogP contribution is -1.96. The maximum absolute atomic E-state index is 9.83. The van der Waals surface area contributed by atoms with Gasteiger partial charge in [-0.3, -0.25) is 0 Å². The molecule has 2 nitrogen and oxygen atoms in total. The molecule has 0 heterocycles. The summed E-state index contributed by atoms with van der Waals surface area (Å²) in [4.78, 5) is 0. The summed E-state index contributed by atoms with van der Waals surface area (Å²) in [5.74, 6) is 1.02. The SMILES string of the molecule is CCCCOc1cc(O)c2ccccc2c1. The summed E-state index contributed by atoms with van der Waals surface area (Å²) in [6.07, 6.45) is 2.15. The smallest absolute Gasteiger partial charge is 0.127 e. The first-order chi connectivity index (χ1) is 7.81. The Kier molecular flexibility index (Phi) is 3.30. The van der Waals surface area contributed by atoms with Crippen molar-refractivity contribution >= 4 is 10.8 Å². The Morgan fingerprint density at radius 2 is 2.00 bits per heavy atom. The third kappa shape index (κ3) is 2.27. The molecule has 1 N–H and O–H groups in total. The average Bonchev–Trinajstić information content (AvgIpc) is 2.30. The number of fused-ring (bicyclic) bond motifs is 1. The predicted octanol–water partition coefficient (Wildman–Crippen LogP) is 3.72. The molecule has 0 saturated carbocycles. The number of hydrogen-bond acceptors (Lipinski definition) is 2. The van der Waals surface area contributed by atoms with Crippen LogP contribution in [-0.4, -0.2) is 11.7 Å². The molecule has 0 aliphatic rings. The summed E-state index contributed by atoms with van der Waals surface area (Å²) in [6, 6.07) is 11.4. The Morgan fingerprint density at radius 3 is 2.81 bits per heavy atom. The second-order valence-electron chi connectivity index (χ2n) is 3.87. The van der Waals surface area contributed by atoms with Gasteiger partial charge in [-0.25, -0.2) is 0 Å². The monoisotopic (exact) mass is 216 g/mol. The Hall–Kier alpha value is -1.70. The molecule has 84 valence electrons. The van der Waals surface area contributed by atoms with Crippen LogP contribution >= 0.6 is 0 Å². The van der Waals surface area contributed by atoms with Crippen LogP contribution in [0.1, 0.15) is 19.8 Å². The minimum absolute atomic E-state index is 0.282. The standard InChI is InChI=1S/C14H16O2/c1-2-3-8-16-12-9-11-6-4-5-7-13(11)14(15)10-12/h4-7,9-10,15H,2-3,8H2,1H3. The molecule has 0 fully saturated rings. The van der Waals surface area contributed by atoms with Gasteiger partial charge in [0.2, 0.25) is 0 Å². The normalized spacial score (nSPS) is 10.6. The maximum atomic E-state index is 9.83. The van der Waals surface area contributed by atoms with Crippen LogP contribution in [0.15, 0.2) is 36.4 Å². The van der Waals surface area contributed by atoms with Crippen LogP contribution in [0.2, 0.25) is 0 Å². The largest absolute Gasteiger partial charge is 0.507 e. The van der Waals surface area contributed by atoms with E-state index >= 15 is 0 Å². The van der Waals surface area contributed by atoms with Gasteiger partial charge in [-0.15, -0.1) is 0 Å². The van der Waals surface area contributed by atoms with Crippen molar-refractivity contribution in [3.05, 3.63) is 36.4 Å². The Bertz CT molecular complexity index is 477. The van der Waals surface area contributed by atoms with Gasteiger partial charge in [-0.05, 0) is 17.9 Å². The second-order valence-corrected chi connectivity index (χ2v) is 3.87. The van der Waals surface area contributed by atoms with Crippen molar-refractivity contribution in [3.63, 3.8) is 0 Å². The minimum Gasteiger partial charge on any atom is -0.507 e. The van der Waals surface area contributed by atoms with Crippen molar-refractivity contribution in [3.8, 4) is 11.5 Å². The lowest BCUT2D eigenvalue weighted by molar-refractivity contribution is 0.308. The van der Waals surface area contributed by atoms with Crippen LogP contribution in [0.3, 0.4) is 0 Å². The fourth-order valence-corrected chi connectivity index (χ4v) is 1.68. The molecule has 0 bridgehead atoms. The molecule has 2 heteroatoms. The third-order valence-electron chi connectivity index (χ3n) is 2.58. The molecule has 0 amide bonds. The number of phenols is 1. The molecular formula is C14H16O2. The first-order valence-electron chi connectivity index (χ1n) is 5.66. The van der Waals surface area contributed by atoms with E-state index in [0.29, 0.717) is 6.61 Å². The molecule has 0 saturated heterocycles. The minimum atomic E-state index is 0.282. The Balaban J connectivity index is 2.27. The zero-order valence-electron chi connectivity index (χ0n) is 9.44. The number of unbranched alkanes of at least 4 members (excludes halogenated alkanes) is 1. The van der Waals surface area contributed by atoms with Crippen molar-refractivity contribution < 1.29 is 9.84 Å². The van der Waals surface area contributed by atoms with E-state index in [1.165, 1.54) is 0 Å². The highest BCUT2D eigenvalue weighted by Gasteiger charge is 2.02. The highest BCUT2D eigenvalue weighted by atomic mass is 16.5. The van der Waals surface area contributed by atoms with Crippen molar-refractivity contribution in [2.45, 2.75) is 19.8 Å². The van der Waals surface area contributed by atoms with E-state index in [1.54, 1.807) is 6.07 Å². The lowest BCUT2D eigenvalue weighted by Gasteiger charge is -2.08. The first-order valence-corrected chi connectivity index (χ1v) is 5.66. The summed E-state index contributed by atoms with van der Waals surface area (Å²) < 4.78 is 5.58. The average molecular weight is 216 g/mol. The summed E-state index contributed by atoms with van der Waals surface area (Å²) in [6.45, 7) is 2.83. The zero-order chi connectivity index (χ0) is 11.4. The molecular weight excluding hydrogens is 200 g/mol. The Morgan fingerprint density at radius 1 is 1.19 bits per heavy atom. The number of benzene rings is 2. The molecule has 0 unspecified atom stereocenters. The maximum Gasteiger partial charge on any atom is 0.127 e. The van der Waals surface area contributed by atoms with Gasteiger partial charge in [0, 0.05) is 11.5 Å². The number of aromatic hydroxyl groups is 1. The fourth-order valence-electron chi connectivity index (χ4n) is 1.68. The van der Waals surface area contributed by atoms with Gasteiger partial charge in [0.15, 0.2) is 0 Å². The van der Waals surface area contributed by atoms with Crippen molar-refractivity contribution in [2.75, 3.05) is 6.61 Å². The molecule has 2 aromatic rings. The van der Waals surface area contributed by atoms with E-state index in [-0.39, 0.29) is 5.75 Å². The molecule has 0 aromatic heterocycles. The van der Waals surface area contributed by atoms with E-state index in [0.717, 1.165) is 29.4 Å². The number of ether oxygens (including phenoxy) is 1. The van der Waals surface area contributed by atoms with Crippen molar-refractivity contribution in [1.29, 1.82) is 0 Å². The molecule has 0 aliphatic carbocycles. The van der Waals surface area contributed by atoms with Crippen LogP contribution < -0.4 is 4.74 Å². The summed E-state index contributed by atoms with van der Waals surface area (Å²) in [5.41, 5.74) is 0.